The summed E-state index contributed by atoms with van der Waals surface area (Å²) in [6, 6.07) is 12.7. The van der Waals surface area contributed by atoms with Crippen molar-refractivity contribution in [2.75, 3.05) is 11.9 Å². The molecule has 98 valence electrons. The van der Waals surface area contributed by atoms with Crippen LogP contribution in [0.1, 0.15) is 16.7 Å². The fourth-order valence-electron chi connectivity index (χ4n) is 2.37. The highest BCUT2D eigenvalue weighted by atomic mass is 79.9. The van der Waals surface area contributed by atoms with Crippen LogP contribution >= 0.6 is 15.9 Å². The van der Waals surface area contributed by atoms with Crippen LogP contribution in [0, 0.1) is 6.92 Å². The van der Waals surface area contributed by atoms with Crippen LogP contribution in [0.5, 0.6) is 5.75 Å². The fourth-order valence-corrected chi connectivity index (χ4v) is 2.85. The van der Waals surface area contributed by atoms with Gasteiger partial charge in [-0.1, -0.05) is 28.1 Å². The van der Waals surface area contributed by atoms with Crippen molar-refractivity contribution >= 4 is 21.6 Å². The van der Waals surface area contributed by atoms with Gasteiger partial charge in [0.1, 0.15) is 5.75 Å². The van der Waals surface area contributed by atoms with Crippen LogP contribution in [0.4, 0.5) is 5.69 Å². The van der Waals surface area contributed by atoms with Crippen LogP contribution in [0.15, 0.2) is 40.9 Å². The molecule has 1 N–H and O–H groups in total. The van der Waals surface area contributed by atoms with Gasteiger partial charge in [-0.15, -0.1) is 0 Å². The number of ether oxygens (including phenoxy) is 1. The summed E-state index contributed by atoms with van der Waals surface area (Å²) in [7, 11) is 0. The second-order valence-corrected chi connectivity index (χ2v) is 5.77. The Morgan fingerprint density at radius 1 is 1.21 bits per heavy atom. The molecule has 0 unspecified atom stereocenters. The SMILES string of the molecule is Cc1cc(Br)ccc1NCc1ccc2c(c1)CCO2. The predicted octanol–water partition coefficient (Wildman–Crippen LogP) is 4.30. The Balaban J connectivity index is 1.72. The van der Waals surface area contributed by atoms with Gasteiger partial charge in [0, 0.05) is 23.1 Å². The van der Waals surface area contributed by atoms with Crippen molar-refractivity contribution in [3.8, 4) is 5.75 Å². The number of hydrogen-bond acceptors (Lipinski definition) is 2. The second-order valence-electron chi connectivity index (χ2n) is 4.85. The third-order valence-corrected chi connectivity index (χ3v) is 3.92. The van der Waals surface area contributed by atoms with Crippen molar-refractivity contribution in [2.45, 2.75) is 19.9 Å². The van der Waals surface area contributed by atoms with Gasteiger partial charge in [-0.25, -0.2) is 0 Å². The Kier molecular flexibility index (Phi) is 3.47. The summed E-state index contributed by atoms with van der Waals surface area (Å²) in [6.07, 6.45) is 1.03. The van der Waals surface area contributed by atoms with Gasteiger partial charge in [0.05, 0.1) is 6.61 Å². The van der Waals surface area contributed by atoms with Crippen molar-refractivity contribution in [2.24, 2.45) is 0 Å². The lowest BCUT2D eigenvalue weighted by Crippen LogP contribution is -2.01. The van der Waals surface area contributed by atoms with E-state index in [0.29, 0.717) is 0 Å². The van der Waals surface area contributed by atoms with Crippen molar-refractivity contribution in [3.63, 3.8) is 0 Å². The first-order valence-corrected chi connectivity index (χ1v) is 7.26. The standard InChI is InChI=1S/C16H16BrNO/c1-11-8-14(17)3-4-15(11)18-10-12-2-5-16-13(9-12)6-7-19-16/h2-5,8-9,18H,6-7,10H2,1H3. The van der Waals surface area contributed by atoms with Gasteiger partial charge in [0.2, 0.25) is 0 Å². The summed E-state index contributed by atoms with van der Waals surface area (Å²) in [5, 5.41) is 3.49. The van der Waals surface area contributed by atoms with E-state index in [0.717, 1.165) is 29.8 Å². The molecule has 0 saturated carbocycles. The minimum Gasteiger partial charge on any atom is -0.493 e. The first kappa shape index (κ1) is 12.5. The molecule has 0 spiro atoms. The van der Waals surface area contributed by atoms with E-state index in [1.807, 2.05) is 0 Å². The maximum Gasteiger partial charge on any atom is 0.122 e. The van der Waals surface area contributed by atoms with E-state index < -0.39 is 0 Å². The van der Waals surface area contributed by atoms with E-state index >= 15 is 0 Å². The van der Waals surface area contributed by atoms with Gasteiger partial charge >= 0.3 is 0 Å². The third kappa shape index (κ3) is 2.76. The molecule has 1 aliphatic rings. The molecule has 2 aromatic carbocycles. The Bertz CT molecular complexity index is 610. The lowest BCUT2D eigenvalue weighted by molar-refractivity contribution is 0.357. The summed E-state index contributed by atoms with van der Waals surface area (Å²) in [5.74, 6) is 1.04. The van der Waals surface area contributed by atoms with E-state index in [-0.39, 0.29) is 0 Å². The highest BCUT2D eigenvalue weighted by Crippen LogP contribution is 2.26. The summed E-state index contributed by atoms with van der Waals surface area (Å²) in [6.45, 7) is 3.78. The molecule has 0 aromatic heterocycles. The Labute approximate surface area is 121 Å². The first-order valence-electron chi connectivity index (χ1n) is 6.47. The fraction of sp³-hybridized carbons (Fsp3) is 0.250. The zero-order chi connectivity index (χ0) is 13.2. The Morgan fingerprint density at radius 3 is 2.95 bits per heavy atom. The maximum absolute atomic E-state index is 5.52. The van der Waals surface area contributed by atoms with E-state index in [4.69, 9.17) is 4.74 Å². The molecule has 19 heavy (non-hydrogen) atoms. The molecule has 3 heteroatoms. The third-order valence-electron chi connectivity index (χ3n) is 3.43. The first-order chi connectivity index (χ1) is 9.22. The van der Waals surface area contributed by atoms with E-state index in [2.05, 4.69) is 64.6 Å². The molecule has 0 aliphatic carbocycles. The molecule has 0 fully saturated rings. The van der Waals surface area contributed by atoms with Crippen LogP contribution in [0.3, 0.4) is 0 Å². The molecule has 2 aromatic rings. The van der Waals surface area contributed by atoms with Crippen molar-refractivity contribution in [1.82, 2.24) is 0 Å². The molecule has 0 bridgehead atoms. The number of rotatable bonds is 3. The average molecular weight is 318 g/mol. The number of fused-ring (bicyclic) bond motifs is 1. The van der Waals surface area contributed by atoms with Crippen LogP contribution in [0.2, 0.25) is 0 Å². The highest BCUT2D eigenvalue weighted by molar-refractivity contribution is 9.10. The van der Waals surface area contributed by atoms with E-state index in [1.165, 1.54) is 22.4 Å². The van der Waals surface area contributed by atoms with Gasteiger partial charge < -0.3 is 10.1 Å². The number of hydrogen-bond donors (Lipinski definition) is 1. The topological polar surface area (TPSA) is 21.3 Å². The number of nitrogens with one attached hydrogen (secondary N) is 1. The summed E-state index contributed by atoms with van der Waals surface area (Å²) in [4.78, 5) is 0. The van der Waals surface area contributed by atoms with Crippen LogP contribution < -0.4 is 10.1 Å². The van der Waals surface area contributed by atoms with Crippen molar-refractivity contribution < 1.29 is 4.74 Å². The number of aryl methyl sites for hydroxylation is 1. The molecule has 1 aliphatic heterocycles. The minimum absolute atomic E-state index is 0.817. The zero-order valence-corrected chi connectivity index (χ0v) is 12.5. The molecule has 1 heterocycles. The smallest absolute Gasteiger partial charge is 0.122 e. The van der Waals surface area contributed by atoms with Gasteiger partial charge in [-0.05, 0) is 47.9 Å². The van der Waals surface area contributed by atoms with Crippen molar-refractivity contribution in [1.29, 1.82) is 0 Å². The second kappa shape index (κ2) is 5.25. The molecule has 0 radical (unpaired) electrons. The van der Waals surface area contributed by atoms with Gasteiger partial charge in [-0.3, -0.25) is 0 Å². The molecule has 0 amide bonds. The maximum atomic E-state index is 5.52. The van der Waals surface area contributed by atoms with Gasteiger partial charge in [0.25, 0.3) is 0 Å². The highest BCUT2D eigenvalue weighted by Gasteiger charge is 2.11. The summed E-state index contributed by atoms with van der Waals surface area (Å²) >= 11 is 3.48. The van der Waals surface area contributed by atoms with Crippen LogP contribution in [-0.2, 0) is 13.0 Å². The van der Waals surface area contributed by atoms with E-state index in [9.17, 15) is 0 Å². The lowest BCUT2D eigenvalue weighted by Gasteiger charge is -2.10. The van der Waals surface area contributed by atoms with Gasteiger partial charge in [-0.2, -0.15) is 0 Å². The summed E-state index contributed by atoms with van der Waals surface area (Å²) in [5.41, 5.74) is 5.05. The molecule has 2 nitrogen and oxygen atoms in total. The zero-order valence-electron chi connectivity index (χ0n) is 10.9. The Hall–Kier alpha value is -1.48. The lowest BCUT2D eigenvalue weighted by atomic mass is 10.1. The Morgan fingerprint density at radius 2 is 2.11 bits per heavy atom. The monoisotopic (exact) mass is 317 g/mol. The molecule has 3 rings (SSSR count). The normalized spacial score (nSPS) is 12.9. The van der Waals surface area contributed by atoms with Crippen LogP contribution in [-0.4, -0.2) is 6.61 Å². The molecule has 0 saturated heterocycles. The van der Waals surface area contributed by atoms with Crippen LogP contribution in [0.25, 0.3) is 0 Å². The quantitative estimate of drug-likeness (QED) is 0.911. The minimum atomic E-state index is 0.817. The molecule has 0 atom stereocenters. The van der Waals surface area contributed by atoms with Gasteiger partial charge in [0.15, 0.2) is 0 Å². The molecular weight excluding hydrogens is 302 g/mol. The summed E-state index contributed by atoms with van der Waals surface area (Å²) < 4.78 is 6.64. The van der Waals surface area contributed by atoms with E-state index in [1.54, 1.807) is 0 Å². The number of halogens is 1. The number of anilines is 1. The predicted molar refractivity (Wildman–Crippen MR) is 81.8 cm³/mol. The number of benzene rings is 2. The largest absolute Gasteiger partial charge is 0.493 e. The molecular formula is C16H16BrNO. The van der Waals surface area contributed by atoms with Crippen molar-refractivity contribution in [3.05, 3.63) is 57.6 Å². The average Bonchev–Trinajstić information content (AvgIpc) is 2.85.